The molecule has 0 fully saturated rings. The van der Waals surface area contributed by atoms with Crippen molar-refractivity contribution in [3.8, 4) is 11.3 Å². The minimum atomic E-state index is 0.666. The Morgan fingerprint density at radius 3 is 2.80 bits per heavy atom. The highest BCUT2D eigenvalue weighted by Gasteiger charge is 2.07. The van der Waals surface area contributed by atoms with E-state index in [0.29, 0.717) is 5.92 Å². The molecule has 2 aromatic rings. The van der Waals surface area contributed by atoms with Gasteiger partial charge >= 0.3 is 0 Å². The molecule has 0 saturated heterocycles. The fourth-order valence-electron chi connectivity index (χ4n) is 2.02. The molecule has 0 saturated carbocycles. The van der Waals surface area contributed by atoms with E-state index in [1.807, 2.05) is 6.07 Å². The van der Waals surface area contributed by atoms with Crippen LogP contribution in [0.2, 0.25) is 0 Å². The molecule has 108 valence electrons. The summed E-state index contributed by atoms with van der Waals surface area (Å²) in [7, 11) is 0. The number of hydrogen-bond donors (Lipinski definition) is 1. The second-order valence-electron chi connectivity index (χ2n) is 5.48. The first-order valence-corrected chi connectivity index (χ1v) is 7.77. The molecule has 1 aromatic heterocycles. The Bertz CT molecular complexity index is 543. The third-order valence-electron chi connectivity index (χ3n) is 2.95. The Labute approximate surface area is 128 Å². The Morgan fingerprint density at radius 2 is 2.10 bits per heavy atom. The monoisotopic (exact) mass is 336 g/mol. The number of benzene rings is 1. The van der Waals surface area contributed by atoms with Crippen LogP contribution in [0.3, 0.4) is 0 Å². The zero-order chi connectivity index (χ0) is 14.5. The van der Waals surface area contributed by atoms with E-state index in [1.165, 1.54) is 5.56 Å². The first-order chi connectivity index (χ1) is 9.54. The number of nitrogens with zero attached hydrogens (tertiary/aromatic N) is 1. The molecule has 0 aliphatic carbocycles. The number of nitrogens with one attached hydrogen (secondary N) is 1. The lowest BCUT2D eigenvalue weighted by Crippen LogP contribution is -2.22. The zero-order valence-corrected chi connectivity index (χ0v) is 13.8. The maximum atomic E-state index is 5.81. The fourth-order valence-corrected chi connectivity index (χ4v) is 2.63. The van der Waals surface area contributed by atoms with E-state index >= 15 is 0 Å². The Balaban J connectivity index is 1.98. The van der Waals surface area contributed by atoms with Gasteiger partial charge in [-0.15, -0.1) is 0 Å². The highest BCUT2D eigenvalue weighted by Crippen LogP contribution is 2.25. The molecule has 1 N–H and O–H groups in total. The zero-order valence-electron chi connectivity index (χ0n) is 12.2. The number of rotatable bonds is 6. The molecule has 0 bridgehead atoms. The van der Waals surface area contributed by atoms with Gasteiger partial charge in [0.25, 0.3) is 0 Å². The van der Waals surface area contributed by atoms with Crippen LogP contribution in [0.5, 0.6) is 0 Å². The normalized spacial score (nSPS) is 11.2. The van der Waals surface area contributed by atoms with Crippen molar-refractivity contribution < 1.29 is 4.42 Å². The molecular weight excluding hydrogens is 316 g/mol. The lowest BCUT2D eigenvalue weighted by molar-refractivity contribution is 0.483. The van der Waals surface area contributed by atoms with Crippen molar-refractivity contribution in [2.75, 3.05) is 13.1 Å². The van der Waals surface area contributed by atoms with Crippen LogP contribution in [0.4, 0.5) is 0 Å². The maximum Gasteiger partial charge on any atom is 0.196 e. The summed E-state index contributed by atoms with van der Waals surface area (Å²) in [5.41, 5.74) is 2.26. The van der Waals surface area contributed by atoms with Crippen molar-refractivity contribution in [2.45, 2.75) is 27.2 Å². The van der Waals surface area contributed by atoms with Crippen molar-refractivity contribution in [3.05, 3.63) is 40.3 Å². The van der Waals surface area contributed by atoms with Crippen LogP contribution in [0.15, 0.2) is 33.3 Å². The van der Waals surface area contributed by atoms with Crippen molar-refractivity contribution in [1.29, 1.82) is 0 Å². The van der Waals surface area contributed by atoms with Crippen LogP contribution in [-0.2, 0) is 6.42 Å². The van der Waals surface area contributed by atoms with E-state index in [1.54, 1.807) is 6.20 Å². The Hall–Kier alpha value is -1.13. The van der Waals surface area contributed by atoms with E-state index in [4.69, 9.17) is 4.42 Å². The summed E-state index contributed by atoms with van der Waals surface area (Å²) >= 11 is 3.51. The van der Waals surface area contributed by atoms with Gasteiger partial charge in [-0.05, 0) is 43.1 Å². The van der Waals surface area contributed by atoms with Gasteiger partial charge in [-0.2, -0.15) is 0 Å². The molecule has 0 atom stereocenters. The van der Waals surface area contributed by atoms with Gasteiger partial charge in [0.05, 0.1) is 6.20 Å². The molecular formula is C16H21BrN2O. The molecule has 3 nitrogen and oxygen atoms in total. The molecule has 0 amide bonds. The summed E-state index contributed by atoms with van der Waals surface area (Å²) in [5.74, 6) is 2.28. The number of halogens is 1. The van der Waals surface area contributed by atoms with E-state index in [9.17, 15) is 0 Å². The molecule has 4 heteroatoms. The third-order valence-corrected chi connectivity index (χ3v) is 3.41. The fraction of sp³-hybridized carbons (Fsp3) is 0.438. The topological polar surface area (TPSA) is 38.1 Å². The van der Waals surface area contributed by atoms with E-state index in [2.05, 4.69) is 59.1 Å². The van der Waals surface area contributed by atoms with Crippen LogP contribution in [0.25, 0.3) is 11.3 Å². The van der Waals surface area contributed by atoms with Crippen LogP contribution >= 0.6 is 15.9 Å². The molecule has 1 aromatic carbocycles. The second-order valence-corrected chi connectivity index (χ2v) is 6.40. The first-order valence-electron chi connectivity index (χ1n) is 6.97. The molecule has 0 unspecified atom stereocenters. The molecule has 0 spiro atoms. The summed E-state index contributed by atoms with van der Waals surface area (Å²) in [6.45, 7) is 8.40. The quantitative estimate of drug-likeness (QED) is 0.803. The van der Waals surface area contributed by atoms with Gasteiger partial charge in [0, 0.05) is 23.0 Å². The van der Waals surface area contributed by atoms with Crippen molar-refractivity contribution in [1.82, 2.24) is 10.3 Å². The van der Waals surface area contributed by atoms with Crippen LogP contribution < -0.4 is 5.32 Å². The van der Waals surface area contributed by atoms with Gasteiger partial charge < -0.3 is 9.73 Å². The summed E-state index contributed by atoms with van der Waals surface area (Å²) in [5, 5.41) is 3.39. The van der Waals surface area contributed by atoms with Crippen molar-refractivity contribution in [3.63, 3.8) is 0 Å². The number of hydrogen-bond acceptors (Lipinski definition) is 3. The standard InChI is InChI=1S/C16H21BrN2O/c1-11(2)9-18-5-4-16-19-10-15(20-16)13-6-12(3)7-14(17)8-13/h6-8,10-11,18H,4-5,9H2,1-3H3. The second kappa shape index (κ2) is 7.04. The predicted octanol–water partition coefficient (Wildman–Crippen LogP) is 4.20. The Morgan fingerprint density at radius 1 is 1.30 bits per heavy atom. The maximum absolute atomic E-state index is 5.81. The first kappa shape index (κ1) is 15.3. The minimum Gasteiger partial charge on any atom is -0.441 e. The molecule has 2 rings (SSSR count). The summed E-state index contributed by atoms with van der Waals surface area (Å²) in [4.78, 5) is 4.35. The number of aromatic nitrogens is 1. The van der Waals surface area contributed by atoms with Crippen LogP contribution in [0, 0.1) is 12.8 Å². The third kappa shape index (κ3) is 4.46. The van der Waals surface area contributed by atoms with Crippen LogP contribution in [-0.4, -0.2) is 18.1 Å². The molecule has 0 aliphatic heterocycles. The highest BCUT2D eigenvalue weighted by atomic mass is 79.9. The van der Waals surface area contributed by atoms with Gasteiger partial charge in [-0.1, -0.05) is 29.8 Å². The van der Waals surface area contributed by atoms with E-state index in [-0.39, 0.29) is 0 Å². The Kier molecular flexibility index (Phi) is 5.38. The summed E-state index contributed by atoms with van der Waals surface area (Å²) in [6, 6.07) is 6.23. The SMILES string of the molecule is Cc1cc(Br)cc(-c2cnc(CCNCC(C)C)o2)c1. The average Bonchev–Trinajstić information content (AvgIpc) is 2.82. The lowest BCUT2D eigenvalue weighted by Gasteiger charge is -2.05. The van der Waals surface area contributed by atoms with Gasteiger partial charge in [0.15, 0.2) is 11.7 Å². The van der Waals surface area contributed by atoms with Gasteiger partial charge in [0.2, 0.25) is 0 Å². The smallest absolute Gasteiger partial charge is 0.196 e. The average molecular weight is 337 g/mol. The summed E-state index contributed by atoms with van der Waals surface area (Å²) < 4.78 is 6.87. The minimum absolute atomic E-state index is 0.666. The largest absolute Gasteiger partial charge is 0.441 e. The predicted molar refractivity (Wildman–Crippen MR) is 85.8 cm³/mol. The lowest BCUT2D eigenvalue weighted by atomic mass is 10.1. The van der Waals surface area contributed by atoms with E-state index < -0.39 is 0 Å². The highest BCUT2D eigenvalue weighted by molar-refractivity contribution is 9.10. The van der Waals surface area contributed by atoms with Gasteiger partial charge in [-0.3, -0.25) is 0 Å². The van der Waals surface area contributed by atoms with Crippen LogP contribution in [0.1, 0.15) is 25.3 Å². The molecule has 0 radical (unpaired) electrons. The molecule has 0 aliphatic rings. The molecule has 1 heterocycles. The van der Waals surface area contributed by atoms with Gasteiger partial charge in [-0.25, -0.2) is 4.98 Å². The number of aryl methyl sites for hydroxylation is 1. The van der Waals surface area contributed by atoms with E-state index in [0.717, 1.165) is 41.2 Å². The van der Waals surface area contributed by atoms with Crippen molar-refractivity contribution in [2.24, 2.45) is 5.92 Å². The van der Waals surface area contributed by atoms with Crippen molar-refractivity contribution >= 4 is 15.9 Å². The summed E-state index contributed by atoms with van der Waals surface area (Å²) in [6.07, 6.45) is 2.62. The van der Waals surface area contributed by atoms with Gasteiger partial charge in [0.1, 0.15) is 0 Å². The number of oxazole rings is 1. The molecule has 20 heavy (non-hydrogen) atoms.